The van der Waals surface area contributed by atoms with Crippen molar-refractivity contribution in [1.82, 2.24) is 0 Å². The van der Waals surface area contributed by atoms with Crippen LogP contribution in [0.4, 0.5) is 35.1 Å². The molecule has 0 saturated carbocycles. The zero-order chi connectivity index (χ0) is 25.0. The molecule has 0 aliphatic heterocycles. The van der Waals surface area contributed by atoms with E-state index in [0.29, 0.717) is 24.6 Å². The summed E-state index contributed by atoms with van der Waals surface area (Å²) in [7, 11) is 0. The van der Waals surface area contributed by atoms with E-state index < -0.39 is 58.8 Å². The summed E-state index contributed by atoms with van der Waals surface area (Å²) in [6, 6.07) is 7.17. The van der Waals surface area contributed by atoms with Gasteiger partial charge in [-0.3, -0.25) is 0 Å². The smallest absolute Gasteiger partial charge is 0.429 e. The molecule has 1 nitrogen and oxygen atoms in total. The standard InChI is InChI=1S/C25H18F8O/c1-2-3-14-5-9-19(24(31)23(14)30)25(32,33)34-16-6-8-17(22(29)13-16)15-4-7-18(21(28)12-15)20(27)10-11-26/h4-10,12-13H,2-3,11H2,1H3/b20-10-. The maximum Gasteiger partial charge on any atom is 0.429 e. The van der Waals surface area contributed by atoms with Crippen molar-refractivity contribution in [3.05, 3.63) is 94.6 Å². The third-order valence-electron chi connectivity index (χ3n) is 4.98. The van der Waals surface area contributed by atoms with Crippen molar-refractivity contribution in [3.63, 3.8) is 0 Å². The lowest BCUT2D eigenvalue weighted by Gasteiger charge is -2.20. The van der Waals surface area contributed by atoms with E-state index in [1.807, 2.05) is 0 Å². The first-order valence-electron chi connectivity index (χ1n) is 10.1. The first-order chi connectivity index (χ1) is 16.1. The molecule has 0 spiro atoms. The van der Waals surface area contributed by atoms with E-state index in [-0.39, 0.29) is 23.1 Å². The van der Waals surface area contributed by atoms with Crippen LogP contribution in [0.5, 0.6) is 5.75 Å². The Morgan fingerprint density at radius 3 is 2.26 bits per heavy atom. The third-order valence-corrected chi connectivity index (χ3v) is 4.98. The molecule has 180 valence electrons. The molecule has 9 heteroatoms. The lowest BCUT2D eigenvalue weighted by Crippen LogP contribution is -2.24. The zero-order valence-corrected chi connectivity index (χ0v) is 17.7. The summed E-state index contributed by atoms with van der Waals surface area (Å²) in [6.07, 6.45) is -3.17. The van der Waals surface area contributed by atoms with Gasteiger partial charge in [0.05, 0.1) is 0 Å². The highest BCUT2D eigenvalue weighted by atomic mass is 19.3. The SMILES string of the molecule is CCCc1ccc(C(F)(F)Oc2ccc(-c3ccc(/C(F)=C/CF)c(F)c3)c(F)c2)c(F)c1F. The Balaban J connectivity index is 1.88. The van der Waals surface area contributed by atoms with Gasteiger partial charge in [0, 0.05) is 17.2 Å². The molecule has 0 aliphatic rings. The van der Waals surface area contributed by atoms with Crippen LogP contribution in [0.15, 0.2) is 54.6 Å². The van der Waals surface area contributed by atoms with E-state index in [0.717, 1.165) is 36.4 Å². The average molecular weight is 486 g/mol. The largest absolute Gasteiger partial charge is 0.429 e. The van der Waals surface area contributed by atoms with Crippen LogP contribution in [0.2, 0.25) is 0 Å². The molecular weight excluding hydrogens is 468 g/mol. The fraction of sp³-hybridized carbons (Fsp3) is 0.200. The second-order valence-corrected chi connectivity index (χ2v) is 7.31. The van der Waals surface area contributed by atoms with Gasteiger partial charge in [0.2, 0.25) is 0 Å². The molecule has 0 aliphatic carbocycles. The number of alkyl halides is 3. The van der Waals surface area contributed by atoms with Crippen molar-refractivity contribution in [2.45, 2.75) is 25.9 Å². The van der Waals surface area contributed by atoms with E-state index in [9.17, 15) is 35.1 Å². The predicted molar refractivity (Wildman–Crippen MR) is 112 cm³/mol. The summed E-state index contributed by atoms with van der Waals surface area (Å²) in [5.74, 6) is -7.19. The van der Waals surface area contributed by atoms with Gasteiger partial charge >= 0.3 is 6.11 Å². The molecule has 0 unspecified atom stereocenters. The summed E-state index contributed by atoms with van der Waals surface area (Å²) in [4.78, 5) is 0. The van der Waals surface area contributed by atoms with Gasteiger partial charge in [-0.25, -0.2) is 26.3 Å². The lowest BCUT2D eigenvalue weighted by molar-refractivity contribution is -0.187. The van der Waals surface area contributed by atoms with E-state index in [1.165, 1.54) is 0 Å². The molecule has 0 bridgehead atoms. The van der Waals surface area contributed by atoms with Gasteiger partial charge in [-0.2, -0.15) is 8.78 Å². The summed E-state index contributed by atoms with van der Waals surface area (Å²) in [5.41, 5.74) is -2.22. The Kier molecular flexibility index (Phi) is 7.64. The van der Waals surface area contributed by atoms with Crippen molar-refractivity contribution >= 4 is 5.83 Å². The maximum absolute atomic E-state index is 14.6. The molecule has 0 saturated heterocycles. The monoisotopic (exact) mass is 486 g/mol. The van der Waals surface area contributed by atoms with Gasteiger partial charge < -0.3 is 4.74 Å². The number of aryl methyl sites for hydroxylation is 1. The summed E-state index contributed by atoms with van der Waals surface area (Å²) >= 11 is 0. The summed E-state index contributed by atoms with van der Waals surface area (Å²) in [5, 5.41) is 0. The number of ether oxygens (including phenoxy) is 1. The van der Waals surface area contributed by atoms with Gasteiger partial charge in [-0.05, 0) is 54.0 Å². The minimum atomic E-state index is -4.32. The fourth-order valence-corrected chi connectivity index (χ4v) is 3.33. The van der Waals surface area contributed by atoms with Gasteiger partial charge in [-0.1, -0.05) is 25.5 Å². The van der Waals surface area contributed by atoms with Crippen LogP contribution in [0.25, 0.3) is 17.0 Å². The third kappa shape index (κ3) is 5.24. The molecule has 34 heavy (non-hydrogen) atoms. The minimum Gasteiger partial charge on any atom is -0.429 e. The van der Waals surface area contributed by atoms with Crippen molar-refractivity contribution in [2.24, 2.45) is 0 Å². The number of hydrogen-bond acceptors (Lipinski definition) is 1. The van der Waals surface area contributed by atoms with Crippen LogP contribution in [-0.2, 0) is 12.5 Å². The fourth-order valence-electron chi connectivity index (χ4n) is 3.33. The number of halogens is 8. The molecule has 0 N–H and O–H groups in total. The van der Waals surface area contributed by atoms with Crippen LogP contribution in [-0.4, -0.2) is 6.67 Å². The topological polar surface area (TPSA) is 9.23 Å². The molecule has 0 fully saturated rings. The molecule has 3 aromatic carbocycles. The molecule has 0 amide bonds. The zero-order valence-electron chi connectivity index (χ0n) is 17.7. The molecule has 3 rings (SSSR count). The first-order valence-corrected chi connectivity index (χ1v) is 10.1. The van der Waals surface area contributed by atoms with Crippen LogP contribution in [0, 0.1) is 23.3 Å². The molecule has 0 aromatic heterocycles. The Hall–Kier alpha value is -3.36. The quantitative estimate of drug-likeness (QED) is 0.291. The highest BCUT2D eigenvalue weighted by molar-refractivity contribution is 5.69. The first kappa shape index (κ1) is 25.3. The van der Waals surface area contributed by atoms with Crippen molar-refractivity contribution < 1.29 is 39.9 Å². The van der Waals surface area contributed by atoms with Crippen LogP contribution in [0.1, 0.15) is 30.0 Å². The Morgan fingerprint density at radius 1 is 0.912 bits per heavy atom. The van der Waals surface area contributed by atoms with E-state index >= 15 is 0 Å². The number of rotatable bonds is 8. The van der Waals surface area contributed by atoms with Crippen LogP contribution >= 0.6 is 0 Å². The number of benzene rings is 3. The van der Waals surface area contributed by atoms with E-state index in [4.69, 9.17) is 0 Å². The van der Waals surface area contributed by atoms with Crippen molar-refractivity contribution in [3.8, 4) is 16.9 Å². The van der Waals surface area contributed by atoms with E-state index in [1.54, 1.807) is 6.92 Å². The maximum atomic E-state index is 14.6. The Bertz CT molecular complexity index is 1220. The Labute approximate surface area is 190 Å². The second-order valence-electron chi connectivity index (χ2n) is 7.31. The van der Waals surface area contributed by atoms with Gasteiger partial charge in [0.15, 0.2) is 11.6 Å². The summed E-state index contributed by atoms with van der Waals surface area (Å²) in [6.45, 7) is 0.569. The minimum absolute atomic E-state index is 0.0512. The molecule has 0 radical (unpaired) electrons. The Morgan fingerprint density at radius 2 is 1.65 bits per heavy atom. The number of hydrogen-bond donors (Lipinski definition) is 0. The molecule has 0 heterocycles. The van der Waals surface area contributed by atoms with Crippen LogP contribution in [0.3, 0.4) is 0 Å². The van der Waals surface area contributed by atoms with E-state index in [2.05, 4.69) is 4.74 Å². The average Bonchev–Trinajstić information content (AvgIpc) is 2.77. The summed E-state index contributed by atoms with van der Waals surface area (Å²) < 4.78 is 116. The number of allylic oxidation sites excluding steroid dienone is 1. The van der Waals surface area contributed by atoms with Crippen molar-refractivity contribution in [1.29, 1.82) is 0 Å². The van der Waals surface area contributed by atoms with Gasteiger partial charge in [0.1, 0.15) is 35.4 Å². The predicted octanol–water partition coefficient (Wildman–Crippen LogP) is 8.27. The van der Waals surface area contributed by atoms with Crippen LogP contribution < -0.4 is 4.74 Å². The highest BCUT2D eigenvalue weighted by Crippen LogP contribution is 2.36. The van der Waals surface area contributed by atoms with Crippen molar-refractivity contribution in [2.75, 3.05) is 6.67 Å². The van der Waals surface area contributed by atoms with Gasteiger partial charge in [-0.15, -0.1) is 0 Å². The molecular formula is C25H18F8O. The lowest BCUT2D eigenvalue weighted by atomic mass is 10.0. The highest BCUT2D eigenvalue weighted by Gasteiger charge is 2.39. The molecule has 3 aromatic rings. The normalized spacial score (nSPS) is 12.2. The molecule has 0 atom stereocenters. The second kappa shape index (κ2) is 10.3. The van der Waals surface area contributed by atoms with Gasteiger partial charge in [0.25, 0.3) is 0 Å².